The second-order valence-corrected chi connectivity index (χ2v) is 9.76. The molecular weight excluding hydrogens is 384 g/mol. The van der Waals surface area contributed by atoms with Crippen LogP contribution in [0.15, 0.2) is 48.7 Å². The highest BCUT2D eigenvalue weighted by Crippen LogP contribution is 2.31. The Labute approximate surface area is 183 Å². The summed E-state index contributed by atoms with van der Waals surface area (Å²) in [4.78, 5) is 7.49. The van der Waals surface area contributed by atoms with E-state index in [2.05, 4.69) is 83.7 Å². The van der Waals surface area contributed by atoms with Gasteiger partial charge in [0.15, 0.2) is 11.5 Å². The van der Waals surface area contributed by atoms with Gasteiger partial charge < -0.3 is 5.73 Å². The summed E-state index contributed by atoms with van der Waals surface area (Å²) in [5.74, 6) is 0.771. The second-order valence-electron chi connectivity index (χ2n) is 9.76. The van der Waals surface area contributed by atoms with E-state index < -0.39 is 0 Å². The summed E-state index contributed by atoms with van der Waals surface area (Å²) in [5.41, 5.74) is 11.3. The number of aromatic nitrogens is 4. The van der Waals surface area contributed by atoms with Crippen molar-refractivity contribution in [3.05, 3.63) is 59.8 Å². The van der Waals surface area contributed by atoms with Gasteiger partial charge in [-0.2, -0.15) is 0 Å². The summed E-state index contributed by atoms with van der Waals surface area (Å²) in [6.07, 6.45) is 3.21. The molecular formula is C25H30N6. The van der Waals surface area contributed by atoms with E-state index in [1.54, 1.807) is 0 Å². The molecule has 1 saturated heterocycles. The van der Waals surface area contributed by atoms with Gasteiger partial charge in [-0.05, 0) is 42.0 Å². The van der Waals surface area contributed by atoms with Crippen LogP contribution in [0.1, 0.15) is 51.3 Å². The Kier molecular flexibility index (Phi) is 4.79. The van der Waals surface area contributed by atoms with E-state index in [9.17, 15) is 0 Å². The highest BCUT2D eigenvalue weighted by molar-refractivity contribution is 5.84. The summed E-state index contributed by atoms with van der Waals surface area (Å²) in [7, 11) is 0. The van der Waals surface area contributed by atoms with E-state index >= 15 is 0 Å². The topological polar surface area (TPSA) is 72.3 Å². The standard InChI is InChI=1S/C25H30N6/c1-16(30-13-12-19(26)15-30)18-9-11-22-28-29-24(31(22)14-18)21-10-8-17-6-5-7-20(23(17)27-21)25(2,3)4/h5-11,14,16,19H,12-13,15,26H2,1-4H3/t16-,19?/m1/s1. The number of para-hydroxylation sites is 1. The van der Waals surface area contributed by atoms with Gasteiger partial charge in [-0.3, -0.25) is 9.30 Å². The number of likely N-dealkylation sites (tertiary alicyclic amines) is 1. The molecule has 5 rings (SSSR count). The van der Waals surface area contributed by atoms with E-state index in [1.807, 2.05) is 12.1 Å². The Morgan fingerprint density at radius 1 is 1.06 bits per heavy atom. The number of nitrogens with two attached hydrogens (primary N) is 1. The van der Waals surface area contributed by atoms with Gasteiger partial charge in [-0.25, -0.2) is 4.98 Å². The lowest BCUT2D eigenvalue weighted by Gasteiger charge is -2.24. The number of rotatable bonds is 3. The molecule has 160 valence electrons. The molecule has 4 heterocycles. The lowest BCUT2D eigenvalue weighted by molar-refractivity contribution is 0.259. The van der Waals surface area contributed by atoms with Crippen LogP contribution in [-0.4, -0.2) is 43.6 Å². The van der Waals surface area contributed by atoms with Gasteiger partial charge in [0.05, 0.1) is 5.52 Å². The van der Waals surface area contributed by atoms with Gasteiger partial charge in [-0.1, -0.05) is 51.1 Å². The van der Waals surface area contributed by atoms with Crippen molar-refractivity contribution < 1.29 is 0 Å². The minimum absolute atomic E-state index is 0.0111. The molecule has 0 amide bonds. The first-order chi connectivity index (χ1) is 14.8. The largest absolute Gasteiger partial charge is 0.326 e. The van der Waals surface area contributed by atoms with E-state index in [4.69, 9.17) is 10.7 Å². The molecule has 1 unspecified atom stereocenters. The quantitative estimate of drug-likeness (QED) is 0.540. The molecule has 1 aliphatic heterocycles. The van der Waals surface area contributed by atoms with Gasteiger partial charge in [0.25, 0.3) is 0 Å². The summed E-state index contributed by atoms with van der Waals surface area (Å²) < 4.78 is 2.07. The molecule has 31 heavy (non-hydrogen) atoms. The molecule has 0 spiro atoms. The first-order valence-corrected chi connectivity index (χ1v) is 11.1. The van der Waals surface area contributed by atoms with Gasteiger partial charge >= 0.3 is 0 Å². The minimum atomic E-state index is 0.0111. The highest BCUT2D eigenvalue weighted by atomic mass is 15.3. The molecule has 0 aliphatic carbocycles. The van der Waals surface area contributed by atoms with Crippen LogP contribution in [0.5, 0.6) is 0 Å². The summed E-state index contributed by atoms with van der Waals surface area (Å²) in [5, 5.41) is 10.0. The Morgan fingerprint density at radius 3 is 2.65 bits per heavy atom. The zero-order valence-electron chi connectivity index (χ0n) is 18.7. The van der Waals surface area contributed by atoms with Gasteiger partial charge in [0, 0.05) is 36.8 Å². The van der Waals surface area contributed by atoms with Crippen molar-refractivity contribution in [1.82, 2.24) is 24.5 Å². The molecule has 6 nitrogen and oxygen atoms in total. The predicted octanol–water partition coefficient (Wildman–Crippen LogP) is 4.34. The van der Waals surface area contributed by atoms with Gasteiger partial charge in [0.1, 0.15) is 5.69 Å². The molecule has 0 radical (unpaired) electrons. The van der Waals surface area contributed by atoms with E-state index in [1.165, 1.54) is 11.1 Å². The average Bonchev–Trinajstić information content (AvgIpc) is 3.37. The Hall–Kier alpha value is -2.83. The van der Waals surface area contributed by atoms with Crippen molar-refractivity contribution in [3.8, 4) is 11.5 Å². The third-order valence-electron chi connectivity index (χ3n) is 6.47. The molecule has 0 saturated carbocycles. The Bertz CT molecular complexity index is 1250. The number of benzene rings is 1. The fraction of sp³-hybridized carbons (Fsp3) is 0.400. The second kappa shape index (κ2) is 7.39. The fourth-order valence-electron chi connectivity index (χ4n) is 4.58. The maximum atomic E-state index is 6.13. The fourth-order valence-corrected chi connectivity index (χ4v) is 4.58. The molecule has 3 aromatic heterocycles. The number of nitrogens with zero attached hydrogens (tertiary/aromatic N) is 5. The molecule has 1 aliphatic rings. The monoisotopic (exact) mass is 414 g/mol. The molecule has 2 atom stereocenters. The first kappa shape index (κ1) is 20.1. The summed E-state index contributed by atoms with van der Waals surface area (Å²) in [6, 6.07) is 15.3. The molecule has 1 aromatic carbocycles. The number of hydrogen-bond donors (Lipinski definition) is 1. The maximum absolute atomic E-state index is 6.13. The SMILES string of the molecule is C[C@H](c1ccc2nnc(-c3ccc4cccc(C(C)(C)C)c4n3)n2c1)N1CCC(N)C1. The van der Waals surface area contributed by atoms with Crippen LogP contribution in [0.25, 0.3) is 28.1 Å². The third kappa shape index (κ3) is 3.60. The predicted molar refractivity (Wildman–Crippen MR) is 125 cm³/mol. The van der Waals surface area contributed by atoms with Crippen LogP contribution in [0.3, 0.4) is 0 Å². The molecule has 2 N–H and O–H groups in total. The Morgan fingerprint density at radius 2 is 1.90 bits per heavy atom. The average molecular weight is 415 g/mol. The maximum Gasteiger partial charge on any atom is 0.187 e. The van der Waals surface area contributed by atoms with Crippen LogP contribution < -0.4 is 5.73 Å². The minimum Gasteiger partial charge on any atom is -0.326 e. The van der Waals surface area contributed by atoms with Gasteiger partial charge in [0.2, 0.25) is 0 Å². The van der Waals surface area contributed by atoms with Crippen molar-refractivity contribution in [3.63, 3.8) is 0 Å². The molecule has 1 fully saturated rings. The zero-order chi connectivity index (χ0) is 21.8. The summed E-state index contributed by atoms with van der Waals surface area (Å²) in [6.45, 7) is 10.9. The van der Waals surface area contributed by atoms with Crippen LogP contribution in [0.2, 0.25) is 0 Å². The van der Waals surface area contributed by atoms with Crippen molar-refractivity contribution in [2.24, 2.45) is 5.73 Å². The van der Waals surface area contributed by atoms with E-state index in [-0.39, 0.29) is 11.5 Å². The Balaban J connectivity index is 1.59. The molecule has 6 heteroatoms. The number of pyridine rings is 2. The third-order valence-corrected chi connectivity index (χ3v) is 6.47. The lowest BCUT2D eigenvalue weighted by atomic mass is 9.85. The van der Waals surface area contributed by atoms with Gasteiger partial charge in [-0.15, -0.1) is 10.2 Å². The normalized spacial score (nSPS) is 18.8. The smallest absolute Gasteiger partial charge is 0.187 e. The van der Waals surface area contributed by atoms with E-state index in [0.717, 1.165) is 47.6 Å². The van der Waals surface area contributed by atoms with Crippen molar-refractivity contribution in [1.29, 1.82) is 0 Å². The van der Waals surface area contributed by atoms with Crippen LogP contribution in [0, 0.1) is 0 Å². The van der Waals surface area contributed by atoms with Crippen LogP contribution in [-0.2, 0) is 5.41 Å². The number of hydrogen-bond acceptors (Lipinski definition) is 5. The van der Waals surface area contributed by atoms with Crippen molar-refractivity contribution >= 4 is 16.6 Å². The van der Waals surface area contributed by atoms with Crippen LogP contribution >= 0.6 is 0 Å². The van der Waals surface area contributed by atoms with Crippen molar-refractivity contribution in [2.75, 3.05) is 13.1 Å². The highest BCUT2D eigenvalue weighted by Gasteiger charge is 2.25. The van der Waals surface area contributed by atoms with Crippen molar-refractivity contribution in [2.45, 2.75) is 51.6 Å². The first-order valence-electron chi connectivity index (χ1n) is 11.1. The number of fused-ring (bicyclic) bond motifs is 2. The van der Waals surface area contributed by atoms with Crippen LogP contribution in [0.4, 0.5) is 0 Å². The van der Waals surface area contributed by atoms with E-state index in [0.29, 0.717) is 6.04 Å². The molecule has 0 bridgehead atoms. The summed E-state index contributed by atoms with van der Waals surface area (Å²) >= 11 is 0. The zero-order valence-corrected chi connectivity index (χ0v) is 18.7. The lowest BCUT2D eigenvalue weighted by Crippen LogP contribution is -2.28. The molecule has 4 aromatic rings.